The predicted molar refractivity (Wildman–Crippen MR) is 69.2 cm³/mol. The second-order valence-electron chi connectivity index (χ2n) is 3.92. The van der Waals surface area contributed by atoms with E-state index in [1.54, 1.807) is 0 Å². The van der Waals surface area contributed by atoms with Crippen molar-refractivity contribution < 1.29 is 4.74 Å². The molecule has 0 bridgehead atoms. The van der Waals surface area contributed by atoms with Crippen LogP contribution in [0.4, 0.5) is 0 Å². The maximum Gasteiger partial charge on any atom is 0.137 e. The summed E-state index contributed by atoms with van der Waals surface area (Å²) in [6, 6.07) is 7.81. The van der Waals surface area contributed by atoms with Crippen LogP contribution in [0.3, 0.4) is 0 Å². The van der Waals surface area contributed by atoms with Crippen LogP contribution in [0.25, 0.3) is 0 Å². The number of nitriles is 1. The number of ether oxygens (including phenoxy) is 1. The van der Waals surface area contributed by atoms with E-state index in [4.69, 9.17) is 21.6 Å². The van der Waals surface area contributed by atoms with Crippen LogP contribution in [0.5, 0.6) is 5.75 Å². The van der Waals surface area contributed by atoms with Crippen molar-refractivity contribution in [3.63, 3.8) is 0 Å². The van der Waals surface area contributed by atoms with E-state index in [2.05, 4.69) is 6.07 Å². The average molecular weight is 253 g/mol. The van der Waals surface area contributed by atoms with Crippen molar-refractivity contribution in [3.8, 4) is 11.8 Å². The molecule has 92 valence electrons. The van der Waals surface area contributed by atoms with E-state index in [-0.39, 0.29) is 6.04 Å². The lowest BCUT2D eigenvalue weighted by Crippen LogP contribution is -2.26. The van der Waals surface area contributed by atoms with Gasteiger partial charge in [0, 0.05) is 6.54 Å². The number of benzene rings is 1. The average Bonchev–Trinajstić information content (AvgIpc) is 2.31. The molecule has 17 heavy (non-hydrogen) atoms. The Bertz CT molecular complexity index is 414. The lowest BCUT2D eigenvalue weighted by molar-refractivity contribution is 0.294. The first-order valence-corrected chi connectivity index (χ1v) is 5.97. The van der Waals surface area contributed by atoms with E-state index in [9.17, 15) is 0 Å². The molecule has 1 rings (SSSR count). The van der Waals surface area contributed by atoms with Crippen molar-refractivity contribution in [1.29, 1.82) is 5.26 Å². The van der Waals surface area contributed by atoms with Crippen LogP contribution < -0.4 is 4.74 Å². The lowest BCUT2D eigenvalue weighted by atomic mass is 10.2. The van der Waals surface area contributed by atoms with Crippen LogP contribution in [-0.4, -0.2) is 24.6 Å². The van der Waals surface area contributed by atoms with Gasteiger partial charge in [-0.3, -0.25) is 4.90 Å². The van der Waals surface area contributed by atoms with E-state index >= 15 is 0 Å². The summed E-state index contributed by atoms with van der Waals surface area (Å²) in [5, 5.41) is 9.43. The summed E-state index contributed by atoms with van der Waals surface area (Å²) in [5.41, 5.74) is 1.07. The molecule has 0 saturated carbocycles. The van der Waals surface area contributed by atoms with Crippen molar-refractivity contribution in [2.45, 2.75) is 26.4 Å². The number of hydrogen-bond donors (Lipinski definition) is 0. The van der Waals surface area contributed by atoms with E-state index in [1.165, 1.54) is 0 Å². The summed E-state index contributed by atoms with van der Waals surface area (Å²) in [4.78, 5) is 1.96. The van der Waals surface area contributed by atoms with Crippen molar-refractivity contribution in [3.05, 3.63) is 28.8 Å². The molecular formula is C13H17ClN2O. The third-order valence-corrected chi connectivity index (χ3v) is 2.87. The summed E-state index contributed by atoms with van der Waals surface area (Å²) in [6.07, 6.45) is 0. The Morgan fingerprint density at radius 3 is 2.76 bits per heavy atom. The van der Waals surface area contributed by atoms with E-state index in [0.29, 0.717) is 23.9 Å². The molecule has 0 spiro atoms. The Morgan fingerprint density at radius 2 is 2.24 bits per heavy atom. The minimum Gasteiger partial charge on any atom is -0.492 e. The number of hydrogen-bond acceptors (Lipinski definition) is 3. The molecule has 0 heterocycles. The Balaban J connectivity index is 2.74. The quantitative estimate of drug-likeness (QED) is 0.808. The molecule has 0 saturated heterocycles. The van der Waals surface area contributed by atoms with Gasteiger partial charge in [0.05, 0.1) is 23.7 Å². The van der Waals surface area contributed by atoms with Crippen LogP contribution in [-0.2, 0) is 6.54 Å². The molecule has 0 aliphatic carbocycles. The molecule has 1 aromatic rings. The van der Waals surface area contributed by atoms with Crippen molar-refractivity contribution in [2.24, 2.45) is 0 Å². The molecule has 0 radical (unpaired) electrons. The number of nitrogens with zero attached hydrogens (tertiary/aromatic N) is 2. The lowest BCUT2D eigenvalue weighted by Gasteiger charge is -2.19. The van der Waals surface area contributed by atoms with Gasteiger partial charge in [-0.25, -0.2) is 0 Å². The molecule has 0 amide bonds. The molecule has 0 aliphatic heterocycles. The van der Waals surface area contributed by atoms with E-state index in [1.807, 2.05) is 44.0 Å². The minimum absolute atomic E-state index is 0.111. The fourth-order valence-corrected chi connectivity index (χ4v) is 1.70. The second-order valence-corrected chi connectivity index (χ2v) is 4.33. The SMILES string of the molecule is CCOc1ccc(CN(C)C(C)C#N)cc1Cl. The van der Waals surface area contributed by atoms with Gasteiger partial charge in [0.2, 0.25) is 0 Å². The summed E-state index contributed by atoms with van der Waals surface area (Å²) in [7, 11) is 1.91. The Labute approximate surface area is 108 Å². The van der Waals surface area contributed by atoms with Crippen LogP contribution in [0.2, 0.25) is 5.02 Å². The number of halogens is 1. The normalized spacial score (nSPS) is 12.2. The van der Waals surface area contributed by atoms with Gasteiger partial charge in [0.25, 0.3) is 0 Å². The Hall–Kier alpha value is -1.24. The molecule has 3 nitrogen and oxygen atoms in total. The Morgan fingerprint density at radius 1 is 1.53 bits per heavy atom. The van der Waals surface area contributed by atoms with Crippen LogP contribution >= 0.6 is 11.6 Å². The van der Waals surface area contributed by atoms with Gasteiger partial charge in [-0.05, 0) is 38.6 Å². The molecule has 1 unspecified atom stereocenters. The Kier molecular flexibility index (Phi) is 5.27. The molecule has 0 aliphatic rings. The highest BCUT2D eigenvalue weighted by molar-refractivity contribution is 6.32. The smallest absolute Gasteiger partial charge is 0.137 e. The zero-order chi connectivity index (χ0) is 12.8. The fourth-order valence-electron chi connectivity index (χ4n) is 1.44. The molecule has 0 N–H and O–H groups in total. The largest absolute Gasteiger partial charge is 0.492 e. The summed E-state index contributed by atoms with van der Waals surface area (Å²) in [6.45, 7) is 5.09. The third-order valence-electron chi connectivity index (χ3n) is 2.58. The summed E-state index contributed by atoms with van der Waals surface area (Å²) < 4.78 is 5.37. The van der Waals surface area contributed by atoms with Crippen LogP contribution in [0.15, 0.2) is 18.2 Å². The minimum atomic E-state index is -0.111. The summed E-state index contributed by atoms with van der Waals surface area (Å²) >= 11 is 6.10. The van der Waals surface area contributed by atoms with Crippen LogP contribution in [0, 0.1) is 11.3 Å². The van der Waals surface area contributed by atoms with Gasteiger partial charge < -0.3 is 4.74 Å². The van der Waals surface area contributed by atoms with Gasteiger partial charge in [-0.15, -0.1) is 0 Å². The summed E-state index contributed by atoms with van der Waals surface area (Å²) in [5.74, 6) is 0.703. The molecular weight excluding hydrogens is 236 g/mol. The number of rotatable bonds is 5. The highest BCUT2D eigenvalue weighted by atomic mass is 35.5. The van der Waals surface area contributed by atoms with Crippen LogP contribution in [0.1, 0.15) is 19.4 Å². The van der Waals surface area contributed by atoms with E-state index in [0.717, 1.165) is 5.56 Å². The molecule has 0 aromatic heterocycles. The van der Waals surface area contributed by atoms with Gasteiger partial charge in [-0.1, -0.05) is 17.7 Å². The van der Waals surface area contributed by atoms with Gasteiger partial charge in [-0.2, -0.15) is 5.26 Å². The van der Waals surface area contributed by atoms with Crippen molar-refractivity contribution in [2.75, 3.05) is 13.7 Å². The predicted octanol–water partition coefficient (Wildman–Crippen LogP) is 3.08. The first-order chi connectivity index (χ1) is 8.08. The maximum atomic E-state index is 8.81. The zero-order valence-electron chi connectivity index (χ0n) is 10.4. The first kappa shape index (κ1) is 13.8. The zero-order valence-corrected chi connectivity index (χ0v) is 11.2. The first-order valence-electron chi connectivity index (χ1n) is 5.59. The van der Waals surface area contributed by atoms with Gasteiger partial charge in [0.1, 0.15) is 5.75 Å². The molecule has 4 heteroatoms. The highest BCUT2D eigenvalue weighted by Gasteiger charge is 2.09. The van der Waals surface area contributed by atoms with Crippen molar-refractivity contribution in [1.82, 2.24) is 4.90 Å². The molecule has 1 aromatic carbocycles. The fraction of sp³-hybridized carbons (Fsp3) is 0.462. The monoisotopic (exact) mass is 252 g/mol. The van der Waals surface area contributed by atoms with Crippen molar-refractivity contribution >= 4 is 11.6 Å². The third kappa shape index (κ3) is 3.92. The second kappa shape index (κ2) is 6.48. The maximum absolute atomic E-state index is 8.81. The standard InChI is InChI=1S/C13H17ClN2O/c1-4-17-13-6-5-11(7-12(13)14)9-16(3)10(2)8-15/h5-7,10H,4,9H2,1-3H3. The molecule has 0 fully saturated rings. The van der Waals surface area contributed by atoms with E-state index < -0.39 is 0 Å². The highest BCUT2D eigenvalue weighted by Crippen LogP contribution is 2.26. The topological polar surface area (TPSA) is 36.3 Å². The van der Waals surface area contributed by atoms with Gasteiger partial charge >= 0.3 is 0 Å². The molecule has 1 atom stereocenters. The van der Waals surface area contributed by atoms with Gasteiger partial charge in [0.15, 0.2) is 0 Å².